The van der Waals surface area contributed by atoms with Crippen LogP contribution in [0, 0.1) is 0 Å². The number of anilines is 1. The lowest BCUT2D eigenvalue weighted by Gasteiger charge is -2.26. The molecule has 3 nitrogen and oxygen atoms in total. The molecule has 0 amide bonds. The molecule has 0 heterocycles. The van der Waals surface area contributed by atoms with Crippen molar-refractivity contribution in [3.05, 3.63) is 54.1 Å². The van der Waals surface area contributed by atoms with Crippen molar-refractivity contribution in [3.63, 3.8) is 0 Å². The Kier molecular flexibility index (Phi) is 8.88. The van der Waals surface area contributed by atoms with Crippen LogP contribution in [0.2, 0.25) is 0 Å². The van der Waals surface area contributed by atoms with Crippen LogP contribution in [0.5, 0.6) is 11.5 Å². The maximum Gasteiger partial charge on any atom is 0.123 e. The molecule has 0 fully saturated rings. The van der Waals surface area contributed by atoms with Gasteiger partial charge in [0.2, 0.25) is 0 Å². The molecule has 3 heteroatoms. The maximum absolute atomic E-state index is 5.54. The second-order valence-electron chi connectivity index (χ2n) is 6.70. The average molecular weight is 356 g/mol. The van der Waals surface area contributed by atoms with Crippen LogP contribution < -0.4 is 14.4 Å². The first-order valence-corrected chi connectivity index (χ1v) is 9.79. The third-order valence-corrected chi connectivity index (χ3v) is 4.77. The monoisotopic (exact) mass is 355 g/mol. The van der Waals surface area contributed by atoms with Gasteiger partial charge < -0.3 is 14.4 Å². The molecule has 0 spiro atoms. The first-order valence-electron chi connectivity index (χ1n) is 9.79. The van der Waals surface area contributed by atoms with Gasteiger partial charge in [0.1, 0.15) is 11.5 Å². The molecule has 26 heavy (non-hydrogen) atoms. The second kappa shape index (κ2) is 11.5. The minimum atomic E-state index is 0.852. The van der Waals surface area contributed by atoms with E-state index in [4.69, 9.17) is 9.47 Å². The lowest BCUT2D eigenvalue weighted by molar-refractivity contribution is 0.409. The van der Waals surface area contributed by atoms with E-state index in [1.165, 1.54) is 49.8 Å². The quantitative estimate of drug-likeness (QED) is 0.431. The van der Waals surface area contributed by atoms with Crippen LogP contribution in [0.1, 0.15) is 51.0 Å². The number of nitrogens with zero attached hydrogens (tertiary/aromatic N) is 1. The molecule has 142 valence electrons. The highest BCUT2D eigenvalue weighted by atomic mass is 16.5. The summed E-state index contributed by atoms with van der Waals surface area (Å²) < 4.78 is 10.8. The molecule has 0 saturated heterocycles. The van der Waals surface area contributed by atoms with Gasteiger partial charge in [-0.1, -0.05) is 57.2 Å². The van der Waals surface area contributed by atoms with Crippen LogP contribution in [-0.2, 0) is 6.54 Å². The average Bonchev–Trinajstić information content (AvgIpc) is 2.70. The molecule has 0 aliphatic rings. The van der Waals surface area contributed by atoms with Crippen molar-refractivity contribution in [2.45, 2.75) is 52.0 Å². The van der Waals surface area contributed by atoms with Crippen molar-refractivity contribution in [2.24, 2.45) is 0 Å². The first kappa shape index (κ1) is 20.2. The molecule has 0 N–H and O–H groups in total. The highest BCUT2D eigenvalue weighted by Gasteiger charge is 2.11. The summed E-state index contributed by atoms with van der Waals surface area (Å²) in [4.78, 5) is 2.44. The van der Waals surface area contributed by atoms with Crippen molar-refractivity contribution in [1.29, 1.82) is 0 Å². The van der Waals surface area contributed by atoms with Gasteiger partial charge in [-0.25, -0.2) is 0 Å². The van der Waals surface area contributed by atoms with Gasteiger partial charge in [-0.05, 0) is 36.8 Å². The van der Waals surface area contributed by atoms with Gasteiger partial charge in [-0.15, -0.1) is 0 Å². The van der Waals surface area contributed by atoms with E-state index in [0.29, 0.717) is 0 Å². The Hall–Kier alpha value is -2.16. The lowest BCUT2D eigenvalue weighted by atomic mass is 10.1. The SMILES string of the molecule is CCCCCCCCN(Cc1ccccc1OC)c1ccc(OC)cc1. The molecule has 2 rings (SSSR count). The Labute approximate surface area is 158 Å². The molecular weight excluding hydrogens is 322 g/mol. The minimum absolute atomic E-state index is 0.852. The van der Waals surface area contributed by atoms with Gasteiger partial charge in [-0.2, -0.15) is 0 Å². The highest BCUT2D eigenvalue weighted by Crippen LogP contribution is 2.25. The van der Waals surface area contributed by atoms with Crippen LogP contribution in [0.15, 0.2) is 48.5 Å². The molecule has 0 aliphatic carbocycles. The summed E-state index contributed by atoms with van der Waals surface area (Å²) in [5.74, 6) is 1.85. The topological polar surface area (TPSA) is 21.7 Å². The van der Waals surface area contributed by atoms with E-state index in [9.17, 15) is 0 Å². The third-order valence-electron chi connectivity index (χ3n) is 4.77. The summed E-state index contributed by atoms with van der Waals surface area (Å²) in [6, 6.07) is 16.6. The van der Waals surface area contributed by atoms with E-state index in [1.54, 1.807) is 14.2 Å². The fourth-order valence-electron chi connectivity index (χ4n) is 3.21. The Bertz CT molecular complexity index is 624. The third kappa shape index (κ3) is 6.29. The molecule has 2 aromatic carbocycles. The Balaban J connectivity index is 2.04. The standard InChI is InChI=1S/C23H33NO2/c1-4-5-6-7-8-11-18-24(21-14-16-22(25-2)17-15-21)19-20-12-9-10-13-23(20)26-3/h9-10,12-17H,4-8,11,18-19H2,1-3H3. The van der Waals surface area contributed by atoms with E-state index in [1.807, 2.05) is 24.3 Å². The summed E-state index contributed by atoms with van der Waals surface area (Å²) >= 11 is 0. The molecule has 0 radical (unpaired) electrons. The maximum atomic E-state index is 5.54. The Morgan fingerprint density at radius 1 is 0.769 bits per heavy atom. The fourth-order valence-corrected chi connectivity index (χ4v) is 3.21. The number of hydrogen-bond acceptors (Lipinski definition) is 3. The van der Waals surface area contributed by atoms with E-state index in [-0.39, 0.29) is 0 Å². The highest BCUT2D eigenvalue weighted by molar-refractivity contribution is 5.50. The zero-order valence-corrected chi connectivity index (χ0v) is 16.5. The smallest absolute Gasteiger partial charge is 0.123 e. The number of rotatable bonds is 12. The molecule has 2 aromatic rings. The molecule has 0 aliphatic heterocycles. The van der Waals surface area contributed by atoms with Crippen LogP contribution in [-0.4, -0.2) is 20.8 Å². The van der Waals surface area contributed by atoms with Gasteiger partial charge in [0.25, 0.3) is 0 Å². The largest absolute Gasteiger partial charge is 0.497 e. The van der Waals surface area contributed by atoms with E-state index >= 15 is 0 Å². The van der Waals surface area contributed by atoms with Crippen LogP contribution in [0.4, 0.5) is 5.69 Å². The van der Waals surface area contributed by atoms with Crippen molar-refractivity contribution in [1.82, 2.24) is 0 Å². The zero-order chi connectivity index (χ0) is 18.6. The van der Waals surface area contributed by atoms with Crippen molar-refractivity contribution >= 4 is 5.69 Å². The Morgan fingerprint density at radius 3 is 2.15 bits per heavy atom. The summed E-state index contributed by atoms with van der Waals surface area (Å²) in [7, 11) is 3.45. The van der Waals surface area contributed by atoms with Gasteiger partial charge in [-0.3, -0.25) is 0 Å². The van der Waals surface area contributed by atoms with Gasteiger partial charge in [0.05, 0.1) is 14.2 Å². The molecule has 0 aromatic heterocycles. The first-order chi connectivity index (χ1) is 12.8. The summed E-state index contributed by atoms with van der Waals surface area (Å²) in [6.07, 6.45) is 7.84. The molecule has 0 atom stereocenters. The number of ether oxygens (including phenoxy) is 2. The van der Waals surface area contributed by atoms with Crippen molar-refractivity contribution < 1.29 is 9.47 Å². The Morgan fingerprint density at radius 2 is 1.46 bits per heavy atom. The normalized spacial score (nSPS) is 10.6. The van der Waals surface area contributed by atoms with Crippen molar-refractivity contribution in [2.75, 3.05) is 25.7 Å². The predicted octanol–water partition coefficient (Wildman–Crippen LogP) is 6.07. The number of para-hydroxylation sites is 1. The van der Waals surface area contributed by atoms with Gasteiger partial charge in [0, 0.05) is 24.3 Å². The van der Waals surface area contributed by atoms with E-state index < -0.39 is 0 Å². The van der Waals surface area contributed by atoms with E-state index in [2.05, 4.69) is 36.1 Å². The molecule has 0 saturated carbocycles. The zero-order valence-electron chi connectivity index (χ0n) is 16.5. The minimum Gasteiger partial charge on any atom is -0.497 e. The molecule has 0 unspecified atom stereocenters. The predicted molar refractivity (Wildman–Crippen MR) is 110 cm³/mol. The number of unbranched alkanes of at least 4 members (excludes halogenated alkanes) is 5. The van der Waals surface area contributed by atoms with Gasteiger partial charge >= 0.3 is 0 Å². The summed E-state index contributed by atoms with van der Waals surface area (Å²) in [5, 5.41) is 0. The van der Waals surface area contributed by atoms with Gasteiger partial charge in [0.15, 0.2) is 0 Å². The van der Waals surface area contributed by atoms with E-state index in [0.717, 1.165) is 24.6 Å². The van der Waals surface area contributed by atoms with Crippen LogP contribution in [0.3, 0.4) is 0 Å². The van der Waals surface area contributed by atoms with Crippen molar-refractivity contribution in [3.8, 4) is 11.5 Å². The lowest BCUT2D eigenvalue weighted by Crippen LogP contribution is -2.24. The number of benzene rings is 2. The summed E-state index contributed by atoms with van der Waals surface area (Å²) in [5.41, 5.74) is 2.45. The van der Waals surface area contributed by atoms with Crippen LogP contribution >= 0.6 is 0 Å². The molecule has 0 bridgehead atoms. The molecular formula is C23H33NO2. The number of methoxy groups -OCH3 is 2. The number of hydrogen-bond donors (Lipinski definition) is 0. The second-order valence-corrected chi connectivity index (χ2v) is 6.70. The summed E-state index contributed by atoms with van der Waals surface area (Å²) in [6.45, 7) is 4.17. The van der Waals surface area contributed by atoms with Crippen LogP contribution in [0.25, 0.3) is 0 Å². The fraction of sp³-hybridized carbons (Fsp3) is 0.478.